The monoisotopic (exact) mass is 239 g/mol. The number of hydrogen-bond acceptors (Lipinski definition) is 4. The second-order valence-corrected chi connectivity index (χ2v) is 5.79. The quantitative estimate of drug-likeness (QED) is 0.657. The third-order valence-electron chi connectivity index (χ3n) is 3.01. The fourth-order valence-electron chi connectivity index (χ4n) is 2.20. The van der Waals surface area contributed by atoms with Crippen LogP contribution in [0.3, 0.4) is 0 Å². The Morgan fingerprint density at radius 2 is 2.12 bits per heavy atom. The van der Waals surface area contributed by atoms with Gasteiger partial charge in [-0.15, -0.1) is 0 Å². The molecule has 0 aliphatic carbocycles. The molecule has 0 bridgehead atoms. The highest BCUT2D eigenvalue weighted by Gasteiger charge is 2.44. The van der Waals surface area contributed by atoms with Crippen LogP contribution in [0.5, 0.6) is 0 Å². The number of amides is 1. The van der Waals surface area contributed by atoms with Crippen molar-refractivity contribution >= 4 is 11.9 Å². The number of aliphatic imine (C=N–C) groups is 1. The van der Waals surface area contributed by atoms with Crippen LogP contribution < -0.4 is 10.6 Å². The minimum atomic E-state index is -0.593. The Morgan fingerprint density at radius 1 is 1.35 bits per heavy atom. The largest absolute Gasteiger partial charge is 0.381 e. The molecule has 1 fully saturated rings. The molecular weight excluding hydrogens is 218 g/mol. The Bertz CT molecular complexity index is 336. The third-order valence-corrected chi connectivity index (χ3v) is 3.01. The molecule has 0 aromatic rings. The zero-order valence-corrected chi connectivity index (χ0v) is 10.8. The van der Waals surface area contributed by atoms with Gasteiger partial charge in [-0.1, -0.05) is 0 Å². The lowest BCUT2D eigenvalue weighted by Gasteiger charge is -2.21. The Morgan fingerprint density at radius 3 is 2.82 bits per heavy atom. The Hall–Kier alpha value is -1.10. The number of nitrogens with zero attached hydrogens (tertiary/aromatic N) is 1. The van der Waals surface area contributed by atoms with Crippen LogP contribution in [0, 0.1) is 0 Å². The number of guanidine groups is 1. The van der Waals surface area contributed by atoms with E-state index in [4.69, 9.17) is 4.74 Å². The molecule has 1 atom stereocenters. The maximum atomic E-state index is 12.1. The van der Waals surface area contributed by atoms with Gasteiger partial charge in [0, 0.05) is 25.2 Å². The number of carbonyl (C=O) groups is 1. The second-order valence-electron chi connectivity index (χ2n) is 5.79. The Labute approximate surface area is 102 Å². The van der Waals surface area contributed by atoms with Crippen molar-refractivity contribution in [2.75, 3.05) is 13.2 Å². The molecule has 1 unspecified atom stereocenters. The van der Waals surface area contributed by atoms with Gasteiger partial charge in [-0.05, 0) is 33.6 Å². The van der Waals surface area contributed by atoms with Gasteiger partial charge in [0.05, 0.1) is 0 Å². The molecule has 1 amide bonds. The van der Waals surface area contributed by atoms with Crippen molar-refractivity contribution in [2.45, 2.75) is 51.1 Å². The average molecular weight is 239 g/mol. The van der Waals surface area contributed by atoms with Crippen molar-refractivity contribution in [3.8, 4) is 0 Å². The lowest BCUT2D eigenvalue weighted by Crippen LogP contribution is -2.47. The van der Waals surface area contributed by atoms with Gasteiger partial charge in [0.1, 0.15) is 5.54 Å². The van der Waals surface area contributed by atoms with E-state index in [2.05, 4.69) is 15.6 Å². The third kappa shape index (κ3) is 2.77. The van der Waals surface area contributed by atoms with Crippen molar-refractivity contribution in [3.05, 3.63) is 0 Å². The summed E-state index contributed by atoms with van der Waals surface area (Å²) in [5, 5.41) is 6.06. The number of ether oxygens (including phenoxy) is 1. The predicted octanol–water partition coefficient (Wildman–Crippen LogP) is 0.800. The molecule has 5 heteroatoms. The second kappa shape index (κ2) is 4.29. The number of carbonyl (C=O) groups excluding carboxylic acids is 1. The molecule has 1 spiro atoms. The topological polar surface area (TPSA) is 62.7 Å². The van der Waals surface area contributed by atoms with Crippen LogP contribution in [0.15, 0.2) is 4.99 Å². The van der Waals surface area contributed by atoms with Crippen LogP contribution in [0.1, 0.15) is 40.0 Å². The summed E-state index contributed by atoms with van der Waals surface area (Å²) in [7, 11) is 0. The van der Waals surface area contributed by atoms with E-state index in [9.17, 15) is 4.79 Å². The van der Waals surface area contributed by atoms with Crippen molar-refractivity contribution in [2.24, 2.45) is 4.99 Å². The molecule has 0 saturated carbocycles. The van der Waals surface area contributed by atoms with E-state index >= 15 is 0 Å². The van der Waals surface area contributed by atoms with Gasteiger partial charge in [0.25, 0.3) is 5.91 Å². The van der Waals surface area contributed by atoms with E-state index in [1.54, 1.807) is 0 Å². The first kappa shape index (κ1) is 12.4. The number of nitrogens with one attached hydrogen (secondary N) is 2. The van der Waals surface area contributed by atoms with Gasteiger partial charge < -0.3 is 10.1 Å². The van der Waals surface area contributed by atoms with E-state index in [0.717, 1.165) is 19.4 Å². The lowest BCUT2D eigenvalue weighted by atomic mass is 9.91. The van der Waals surface area contributed by atoms with Crippen LogP contribution in [-0.4, -0.2) is 36.2 Å². The minimum Gasteiger partial charge on any atom is -0.381 e. The standard InChI is InChI=1S/C12H21N3O2/c1-11(2,3)14-10-13-9(16)12(15-10)5-4-7-17-8-6-12/h4-8H2,1-3H3,(H2,13,14,15,16). The Kier molecular flexibility index (Phi) is 3.12. The SMILES string of the molecule is CC(C)(C)NC1=NC2(CCCOCC2)C(=O)N1. The van der Waals surface area contributed by atoms with Gasteiger partial charge in [0.2, 0.25) is 0 Å². The van der Waals surface area contributed by atoms with Crippen molar-refractivity contribution in [1.82, 2.24) is 10.6 Å². The first-order valence-electron chi connectivity index (χ1n) is 6.19. The molecule has 5 nitrogen and oxygen atoms in total. The van der Waals surface area contributed by atoms with Gasteiger partial charge in [-0.3, -0.25) is 10.1 Å². The van der Waals surface area contributed by atoms with Crippen molar-refractivity contribution in [3.63, 3.8) is 0 Å². The molecular formula is C12H21N3O2. The maximum absolute atomic E-state index is 12.1. The minimum absolute atomic E-state index is 0.00903. The van der Waals surface area contributed by atoms with Crippen LogP contribution in [0.2, 0.25) is 0 Å². The number of hydrogen-bond donors (Lipinski definition) is 2. The fraction of sp³-hybridized carbons (Fsp3) is 0.833. The normalized spacial score (nSPS) is 29.8. The molecule has 17 heavy (non-hydrogen) atoms. The first-order valence-corrected chi connectivity index (χ1v) is 6.19. The van der Waals surface area contributed by atoms with Crippen LogP contribution in [-0.2, 0) is 9.53 Å². The van der Waals surface area contributed by atoms with Crippen LogP contribution in [0.25, 0.3) is 0 Å². The average Bonchev–Trinajstić information content (AvgIpc) is 2.37. The maximum Gasteiger partial charge on any atom is 0.254 e. The van der Waals surface area contributed by atoms with Crippen molar-refractivity contribution in [1.29, 1.82) is 0 Å². The molecule has 2 rings (SSSR count). The smallest absolute Gasteiger partial charge is 0.254 e. The molecule has 96 valence electrons. The van der Waals surface area contributed by atoms with Gasteiger partial charge >= 0.3 is 0 Å². The van der Waals surface area contributed by atoms with E-state index in [1.165, 1.54) is 0 Å². The summed E-state index contributed by atoms with van der Waals surface area (Å²) in [5.41, 5.74) is -0.692. The fourth-order valence-corrected chi connectivity index (χ4v) is 2.20. The predicted molar refractivity (Wildman–Crippen MR) is 65.9 cm³/mol. The molecule has 0 aromatic heterocycles. The molecule has 2 N–H and O–H groups in total. The summed E-state index contributed by atoms with van der Waals surface area (Å²) in [6, 6.07) is 0. The molecule has 2 heterocycles. The molecule has 0 radical (unpaired) electrons. The highest BCUT2D eigenvalue weighted by Crippen LogP contribution is 2.29. The van der Waals surface area contributed by atoms with Gasteiger partial charge in [-0.25, -0.2) is 4.99 Å². The summed E-state index contributed by atoms with van der Waals surface area (Å²) >= 11 is 0. The molecule has 2 aliphatic rings. The van der Waals surface area contributed by atoms with E-state index < -0.39 is 5.54 Å². The van der Waals surface area contributed by atoms with Gasteiger partial charge in [-0.2, -0.15) is 0 Å². The summed E-state index contributed by atoms with van der Waals surface area (Å²) in [5.74, 6) is 0.610. The van der Waals surface area contributed by atoms with Crippen LogP contribution >= 0.6 is 0 Å². The zero-order valence-electron chi connectivity index (χ0n) is 10.8. The number of rotatable bonds is 0. The zero-order chi connectivity index (χ0) is 12.5. The summed E-state index contributed by atoms with van der Waals surface area (Å²) in [6.45, 7) is 7.47. The van der Waals surface area contributed by atoms with Crippen molar-refractivity contribution < 1.29 is 9.53 Å². The molecule has 0 aromatic carbocycles. The molecule has 1 saturated heterocycles. The first-order chi connectivity index (χ1) is 7.91. The van der Waals surface area contributed by atoms with Gasteiger partial charge in [0.15, 0.2) is 5.96 Å². The summed E-state index contributed by atoms with van der Waals surface area (Å²) in [4.78, 5) is 16.6. The Balaban J connectivity index is 2.14. The highest BCUT2D eigenvalue weighted by atomic mass is 16.5. The summed E-state index contributed by atoms with van der Waals surface area (Å²) in [6.07, 6.45) is 2.34. The lowest BCUT2D eigenvalue weighted by molar-refractivity contribution is -0.124. The van der Waals surface area contributed by atoms with Crippen LogP contribution in [0.4, 0.5) is 0 Å². The summed E-state index contributed by atoms with van der Waals surface area (Å²) < 4.78 is 5.40. The highest BCUT2D eigenvalue weighted by molar-refractivity contribution is 6.07. The molecule has 2 aliphatic heterocycles. The van der Waals surface area contributed by atoms with E-state index in [-0.39, 0.29) is 11.4 Å². The van der Waals surface area contributed by atoms with E-state index in [1.807, 2.05) is 20.8 Å². The van der Waals surface area contributed by atoms with E-state index in [0.29, 0.717) is 19.0 Å².